The zero-order chi connectivity index (χ0) is 19.1. The predicted octanol–water partition coefficient (Wildman–Crippen LogP) is 3.24. The first-order valence-corrected chi connectivity index (χ1v) is 9.96. The van der Waals surface area contributed by atoms with Crippen LogP contribution in [0.3, 0.4) is 0 Å². The molecule has 3 amide bonds. The molecule has 3 rings (SSSR count). The van der Waals surface area contributed by atoms with Crippen molar-refractivity contribution in [1.29, 1.82) is 0 Å². The SMILES string of the molecule is O=C(COC(=O)CSc1ccc2ccccc2c1)NC(=O)NC1CCCC1. The van der Waals surface area contributed by atoms with Crippen molar-refractivity contribution in [2.24, 2.45) is 0 Å². The number of urea groups is 1. The van der Waals surface area contributed by atoms with Gasteiger partial charge in [-0.15, -0.1) is 11.8 Å². The van der Waals surface area contributed by atoms with E-state index in [2.05, 4.69) is 10.6 Å². The van der Waals surface area contributed by atoms with Gasteiger partial charge in [-0.05, 0) is 35.7 Å². The molecule has 2 aromatic rings. The highest BCUT2D eigenvalue weighted by Crippen LogP contribution is 2.23. The zero-order valence-corrected chi connectivity index (χ0v) is 15.7. The van der Waals surface area contributed by atoms with Crippen LogP contribution in [0.1, 0.15) is 25.7 Å². The maximum absolute atomic E-state index is 11.8. The van der Waals surface area contributed by atoms with Gasteiger partial charge in [-0.3, -0.25) is 14.9 Å². The second-order valence-electron chi connectivity index (χ2n) is 6.46. The standard InChI is InChI=1S/C20H22N2O4S/c23-18(22-20(25)21-16-7-3-4-8-16)12-26-19(24)13-27-17-10-9-14-5-1-2-6-15(14)11-17/h1-2,5-6,9-11,16H,3-4,7-8,12-13H2,(H2,21,22,23,25). The van der Waals surface area contributed by atoms with E-state index in [1.807, 2.05) is 42.5 Å². The van der Waals surface area contributed by atoms with Crippen molar-refractivity contribution in [3.05, 3.63) is 42.5 Å². The van der Waals surface area contributed by atoms with E-state index in [0.29, 0.717) is 0 Å². The lowest BCUT2D eigenvalue weighted by molar-refractivity contribution is -0.145. The maximum atomic E-state index is 11.8. The first-order valence-electron chi connectivity index (χ1n) is 8.98. The van der Waals surface area contributed by atoms with Gasteiger partial charge in [-0.1, -0.05) is 43.2 Å². The number of fused-ring (bicyclic) bond motifs is 1. The summed E-state index contributed by atoms with van der Waals surface area (Å²) >= 11 is 1.34. The lowest BCUT2D eigenvalue weighted by atomic mass is 10.1. The maximum Gasteiger partial charge on any atom is 0.321 e. The molecule has 1 aliphatic carbocycles. The molecule has 142 valence electrons. The lowest BCUT2D eigenvalue weighted by Crippen LogP contribution is -2.45. The first kappa shape index (κ1) is 19.2. The average molecular weight is 386 g/mol. The number of rotatable bonds is 6. The molecule has 0 saturated heterocycles. The van der Waals surface area contributed by atoms with Gasteiger partial charge in [0.1, 0.15) is 0 Å². The van der Waals surface area contributed by atoms with E-state index in [1.54, 1.807) is 0 Å². The van der Waals surface area contributed by atoms with Gasteiger partial charge in [0.2, 0.25) is 0 Å². The fraction of sp³-hybridized carbons (Fsp3) is 0.350. The normalized spacial score (nSPS) is 14.1. The van der Waals surface area contributed by atoms with Crippen LogP contribution in [-0.4, -0.2) is 36.3 Å². The molecule has 27 heavy (non-hydrogen) atoms. The molecule has 1 fully saturated rings. The summed E-state index contributed by atoms with van der Waals surface area (Å²) in [4.78, 5) is 36.2. The molecule has 0 heterocycles. The Labute approximate surface area is 162 Å². The summed E-state index contributed by atoms with van der Waals surface area (Å²) in [6, 6.07) is 13.5. The summed E-state index contributed by atoms with van der Waals surface area (Å²) in [7, 11) is 0. The summed E-state index contributed by atoms with van der Waals surface area (Å²) in [5.74, 6) is -1.03. The van der Waals surface area contributed by atoms with Crippen molar-refractivity contribution in [1.82, 2.24) is 10.6 Å². The van der Waals surface area contributed by atoms with E-state index in [-0.39, 0.29) is 11.8 Å². The number of benzene rings is 2. The molecule has 7 heteroatoms. The molecule has 2 N–H and O–H groups in total. The van der Waals surface area contributed by atoms with Crippen molar-refractivity contribution >= 4 is 40.4 Å². The van der Waals surface area contributed by atoms with Crippen LogP contribution in [0, 0.1) is 0 Å². The summed E-state index contributed by atoms with van der Waals surface area (Å²) in [6.45, 7) is -0.463. The quantitative estimate of drug-likeness (QED) is 0.588. The number of carbonyl (C=O) groups excluding carboxylic acids is 3. The van der Waals surface area contributed by atoms with Crippen LogP contribution < -0.4 is 10.6 Å². The Balaban J connectivity index is 1.37. The fourth-order valence-corrected chi connectivity index (χ4v) is 3.78. The second kappa shape index (κ2) is 9.41. The highest BCUT2D eigenvalue weighted by molar-refractivity contribution is 8.00. The predicted molar refractivity (Wildman–Crippen MR) is 105 cm³/mol. The number of thioether (sulfide) groups is 1. The molecule has 0 aliphatic heterocycles. The van der Waals surface area contributed by atoms with Crippen LogP contribution >= 0.6 is 11.8 Å². The molecule has 6 nitrogen and oxygen atoms in total. The molecule has 0 spiro atoms. The summed E-state index contributed by atoms with van der Waals surface area (Å²) in [5.41, 5.74) is 0. The Kier molecular flexibility index (Phi) is 6.70. The first-order chi connectivity index (χ1) is 13.1. The van der Waals surface area contributed by atoms with E-state index in [1.165, 1.54) is 11.8 Å². The Morgan fingerprint density at radius 1 is 1.04 bits per heavy atom. The largest absolute Gasteiger partial charge is 0.455 e. The molecule has 0 bridgehead atoms. The van der Waals surface area contributed by atoms with Crippen LogP contribution in [0.2, 0.25) is 0 Å². The summed E-state index contributed by atoms with van der Waals surface area (Å²) in [6.07, 6.45) is 4.04. The highest BCUT2D eigenvalue weighted by atomic mass is 32.2. The molecule has 1 aliphatic rings. The minimum atomic E-state index is -0.630. The number of amides is 3. The van der Waals surface area contributed by atoms with Gasteiger partial charge in [-0.25, -0.2) is 4.79 Å². The van der Waals surface area contributed by atoms with E-state index in [9.17, 15) is 14.4 Å². The van der Waals surface area contributed by atoms with E-state index < -0.39 is 24.5 Å². The number of imide groups is 1. The number of hydrogen-bond acceptors (Lipinski definition) is 5. The van der Waals surface area contributed by atoms with Crippen molar-refractivity contribution < 1.29 is 19.1 Å². The van der Waals surface area contributed by atoms with Gasteiger partial charge in [-0.2, -0.15) is 0 Å². The molecule has 0 unspecified atom stereocenters. The van der Waals surface area contributed by atoms with Gasteiger partial charge in [0.05, 0.1) is 5.75 Å². The Bertz CT molecular complexity index is 834. The third-order valence-electron chi connectivity index (χ3n) is 4.39. The second-order valence-corrected chi connectivity index (χ2v) is 7.51. The number of carbonyl (C=O) groups is 3. The Morgan fingerprint density at radius 2 is 1.78 bits per heavy atom. The molecule has 0 aromatic heterocycles. The van der Waals surface area contributed by atoms with Crippen molar-refractivity contribution in [2.45, 2.75) is 36.6 Å². The lowest BCUT2D eigenvalue weighted by Gasteiger charge is -2.12. The molecular weight excluding hydrogens is 364 g/mol. The van der Waals surface area contributed by atoms with Crippen LogP contribution in [0.25, 0.3) is 10.8 Å². The van der Waals surface area contributed by atoms with E-state index >= 15 is 0 Å². The summed E-state index contributed by atoms with van der Waals surface area (Å²) in [5, 5.41) is 7.16. The number of hydrogen-bond donors (Lipinski definition) is 2. The molecule has 2 aromatic carbocycles. The van der Waals surface area contributed by atoms with Crippen LogP contribution in [0.5, 0.6) is 0 Å². The van der Waals surface area contributed by atoms with Gasteiger partial charge >= 0.3 is 12.0 Å². The fourth-order valence-electron chi connectivity index (χ4n) is 3.04. The van der Waals surface area contributed by atoms with Crippen molar-refractivity contribution in [3.8, 4) is 0 Å². The monoisotopic (exact) mass is 386 g/mol. The molecule has 1 saturated carbocycles. The Morgan fingerprint density at radius 3 is 2.56 bits per heavy atom. The van der Waals surface area contributed by atoms with Crippen LogP contribution in [0.4, 0.5) is 4.79 Å². The van der Waals surface area contributed by atoms with Crippen molar-refractivity contribution in [3.63, 3.8) is 0 Å². The third-order valence-corrected chi connectivity index (χ3v) is 5.35. The molecular formula is C20H22N2O4S. The van der Waals surface area contributed by atoms with Crippen LogP contribution in [0.15, 0.2) is 47.4 Å². The van der Waals surface area contributed by atoms with Gasteiger partial charge in [0.25, 0.3) is 5.91 Å². The van der Waals surface area contributed by atoms with E-state index in [4.69, 9.17) is 4.74 Å². The zero-order valence-electron chi connectivity index (χ0n) is 14.9. The molecule has 0 atom stereocenters. The molecule has 0 radical (unpaired) electrons. The van der Waals surface area contributed by atoms with Crippen molar-refractivity contribution in [2.75, 3.05) is 12.4 Å². The van der Waals surface area contributed by atoms with E-state index in [0.717, 1.165) is 41.4 Å². The smallest absolute Gasteiger partial charge is 0.321 e. The van der Waals surface area contributed by atoms with Crippen LogP contribution in [-0.2, 0) is 14.3 Å². The average Bonchev–Trinajstić information content (AvgIpc) is 3.17. The van der Waals surface area contributed by atoms with Gasteiger partial charge < -0.3 is 10.1 Å². The third kappa shape index (κ3) is 5.99. The minimum Gasteiger partial charge on any atom is -0.455 e. The van der Waals surface area contributed by atoms with Gasteiger partial charge in [0, 0.05) is 10.9 Å². The Hall–Kier alpha value is -2.54. The topological polar surface area (TPSA) is 84.5 Å². The van der Waals surface area contributed by atoms with Gasteiger partial charge in [0.15, 0.2) is 6.61 Å². The number of nitrogens with one attached hydrogen (secondary N) is 2. The minimum absolute atomic E-state index is 0.0971. The summed E-state index contributed by atoms with van der Waals surface area (Å²) < 4.78 is 4.93. The highest BCUT2D eigenvalue weighted by Gasteiger charge is 2.18. The number of ether oxygens (including phenoxy) is 1. The number of esters is 1.